The van der Waals surface area contributed by atoms with Crippen LogP contribution in [0.5, 0.6) is 5.75 Å². The van der Waals surface area contributed by atoms with E-state index in [0.717, 1.165) is 19.3 Å². The molecule has 1 saturated heterocycles. The molecule has 0 spiro atoms. The highest BCUT2D eigenvalue weighted by Crippen LogP contribution is 2.40. The quantitative estimate of drug-likeness (QED) is 0.848. The molecule has 0 aliphatic carbocycles. The van der Waals surface area contributed by atoms with Crippen molar-refractivity contribution < 1.29 is 13.2 Å². The topological polar surface area (TPSA) is 72.6 Å². The van der Waals surface area contributed by atoms with Crippen molar-refractivity contribution in [3.63, 3.8) is 0 Å². The predicted octanol–water partition coefficient (Wildman–Crippen LogP) is 2.48. The van der Waals surface area contributed by atoms with Gasteiger partial charge in [-0.15, -0.1) is 0 Å². The number of sulfonamides is 1. The molecule has 0 atom stereocenters. The lowest BCUT2D eigenvalue weighted by Gasteiger charge is -2.26. The minimum atomic E-state index is -3.53. The Hall–Kier alpha value is -1.27. The molecule has 6 heteroatoms. The van der Waals surface area contributed by atoms with Crippen LogP contribution in [0.1, 0.15) is 33.1 Å². The van der Waals surface area contributed by atoms with Crippen LogP contribution in [0.25, 0.3) is 0 Å². The van der Waals surface area contributed by atoms with Crippen molar-refractivity contribution in [1.82, 2.24) is 4.31 Å². The molecule has 1 heterocycles. The first kappa shape index (κ1) is 16.1. The Morgan fingerprint density at radius 3 is 2.48 bits per heavy atom. The lowest BCUT2D eigenvalue weighted by Crippen LogP contribution is -2.32. The van der Waals surface area contributed by atoms with Gasteiger partial charge in [0.1, 0.15) is 10.6 Å². The minimum Gasteiger partial charge on any atom is -0.497 e. The highest BCUT2D eigenvalue weighted by Gasteiger charge is 2.41. The van der Waals surface area contributed by atoms with E-state index in [9.17, 15) is 8.42 Å². The van der Waals surface area contributed by atoms with E-state index >= 15 is 0 Å². The molecule has 0 unspecified atom stereocenters. The summed E-state index contributed by atoms with van der Waals surface area (Å²) in [5.74, 6) is 0.560. The van der Waals surface area contributed by atoms with Crippen molar-refractivity contribution >= 4 is 15.7 Å². The molecule has 5 nitrogen and oxygen atoms in total. The Balaban J connectivity index is 2.31. The molecule has 118 valence electrons. The summed E-state index contributed by atoms with van der Waals surface area (Å²) in [5.41, 5.74) is 6.24. The summed E-state index contributed by atoms with van der Waals surface area (Å²) in [6.45, 7) is 5.39. The number of ether oxygens (including phenoxy) is 1. The van der Waals surface area contributed by atoms with Crippen molar-refractivity contribution in [2.75, 3.05) is 25.9 Å². The van der Waals surface area contributed by atoms with Gasteiger partial charge >= 0.3 is 0 Å². The van der Waals surface area contributed by atoms with Gasteiger partial charge < -0.3 is 10.5 Å². The molecule has 0 amide bonds. The molecule has 0 saturated carbocycles. The smallest absolute Gasteiger partial charge is 0.245 e. The van der Waals surface area contributed by atoms with Crippen molar-refractivity contribution in [3.8, 4) is 5.75 Å². The van der Waals surface area contributed by atoms with Crippen molar-refractivity contribution in [2.45, 2.75) is 38.0 Å². The van der Waals surface area contributed by atoms with E-state index < -0.39 is 10.0 Å². The van der Waals surface area contributed by atoms with Crippen molar-refractivity contribution in [2.24, 2.45) is 5.41 Å². The molecule has 1 aliphatic heterocycles. The number of nitrogens with zero attached hydrogens (tertiary/aromatic N) is 1. The molecule has 2 N–H and O–H groups in total. The molecule has 1 aromatic rings. The number of nitrogens with two attached hydrogens (primary N) is 1. The number of methoxy groups -OCH3 is 1. The van der Waals surface area contributed by atoms with Crippen molar-refractivity contribution in [3.05, 3.63) is 18.2 Å². The lowest BCUT2D eigenvalue weighted by molar-refractivity contribution is 0.279. The van der Waals surface area contributed by atoms with Crippen LogP contribution in [0.3, 0.4) is 0 Å². The number of hydrogen-bond acceptors (Lipinski definition) is 4. The SMILES string of the molecule is CCC1(CC)CCN(S(=O)(=O)c2ccc(OC)cc2N)C1. The lowest BCUT2D eigenvalue weighted by atomic mass is 9.82. The zero-order chi connectivity index (χ0) is 15.7. The normalized spacial score (nSPS) is 18.8. The van der Waals surface area contributed by atoms with Gasteiger partial charge in [-0.2, -0.15) is 4.31 Å². The standard InChI is InChI=1S/C15H24N2O3S/c1-4-15(5-2)8-9-17(11-15)21(18,19)14-7-6-12(20-3)10-13(14)16/h6-7,10H,4-5,8-9,11,16H2,1-3H3. The van der Waals surface area contributed by atoms with Gasteiger partial charge in [0.05, 0.1) is 12.8 Å². The summed E-state index contributed by atoms with van der Waals surface area (Å²) in [4.78, 5) is 0.173. The third-order valence-electron chi connectivity index (χ3n) is 4.74. The van der Waals surface area contributed by atoms with E-state index in [-0.39, 0.29) is 16.0 Å². The Morgan fingerprint density at radius 1 is 1.33 bits per heavy atom. The number of benzene rings is 1. The van der Waals surface area contributed by atoms with Gasteiger partial charge in [0.15, 0.2) is 0 Å². The average molecular weight is 312 g/mol. The molecule has 1 fully saturated rings. The fourth-order valence-corrected chi connectivity index (χ4v) is 4.60. The van der Waals surface area contributed by atoms with Crippen LogP contribution in [-0.4, -0.2) is 32.9 Å². The summed E-state index contributed by atoms with van der Waals surface area (Å²) in [5, 5.41) is 0. The van der Waals surface area contributed by atoms with Gasteiger partial charge in [0.2, 0.25) is 10.0 Å². The van der Waals surface area contributed by atoms with Crippen LogP contribution >= 0.6 is 0 Å². The first-order chi connectivity index (χ1) is 9.88. The van der Waals surface area contributed by atoms with E-state index in [1.807, 2.05) is 0 Å². The largest absolute Gasteiger partial charge is 0.497 e. The summed E-state index contributed by atoms with van der Waals surface area (Å²) in [6.07, 6.45) is 2.90. The fraction of sp³-hybridized carbons (Fsp3) is 0.600. The van der Waals surface area contributed by atoms with E-state index in [0.29, 0.717) is 18.8 Å². The van der Waals surface area contributed by atoms with Crippen LogP contribution in [0, 0.1) is 5.41 Å². The molecule has 0 bridgehead atoms. The van der Waals surface area contributed by atoms with E-state index in [1.54, 1.807) is 16.4 Å². The molecular formula is C15H24N2O3S. The monoisotopic (exact) mass is 312 g/mol. The summed E-state index contributed by atoms with van der Waals surface area (Å²) in [6, 6.07) is 4.71. The molecule has 1 aliphatic rings. The minimum absolute atomic E-state index is 0.105. The zero-order valence-electron chi connectivity index (χ0n) is 12.9. The van der Waals surface area contributed by atoms with Gasteiger partial charge in [0.25, 0.3) is 0 Å². The Bertz CT molecular complexity index is 609. The molecule has 2 rings (SSSR count). The fourth-order valence-electron chi connectivity index (χ4n) is 2.95. The molecule has 0 radical (unpaired) electrons. The maximum absolute atomic E-state index is 12.8. The first-order valence-corrected chi connectivity index (χ1v) is 8.76. The van der Waals surface area contributed by atoms with E-state index in [1.165, 1.54) is 13.2 Å². The van der Waals surface area contributed by atoms with Crippen LogP contribution in [0.15, 0.2) is 23.1 Å². The van der Waals surface area contributed by atoms with Gasteiger partial charge in [-0.1, -0.05) is 13.8 Å². The number of rotatable bonds is 5. The van der Waals surface area contributed by atoms with Gasteiger partial charge in [-0.3, -0.25) is 0 Å². The highest BCUT2D eigenvalue weighted by molar-refractivity contribution is 7.89. The van der Waals surface area contributed by atoms with Crippen LogP contribution in [0.4, 0.5) is 5.69 Å². The van der Waals surface area contributed by atoms with Gasteiger partial charge in [-0.05, 0) is 36.8 Å². The molecule has 21 heavy (non-hydrogen) atoms. The van der Waals surface area contributed by atoms with Crippen LogP contribution in [0.2, 0.25) is 0 Å². The summed E-state index contributed by atoms with van der Waals surface area (Å²) >= 11 is 0. The second-order valence-corrected chi connectivity index (χ2v) is 7.61. The van der Waals surface area contributed by atoms with Gasteiger partial charge in [0, 0.05) is 19.2 Å². The Kier molecular flexibility index (Phi) is 4.49. The third-order valence-corrected chi connectivity index (χ3v) is 6.66. The summed E-state index contributed by atoms with van der Waals surface area (Å²) < 4.78 is 32.2. The zero-order valence-corrected chi connectivity index (χ0v) is 13.7. The summed E-state index contributed by atoms with van der Waals surface area (Å²) in [7, 11) is -2.00. The average Bonchev–Trinajstić information content (AvgIpc) is 2.92. The molecule has 1 aromatic carbocycles. The number of hydrogen-bond donors (Lipinski definition) is 1. The maximum atomic E-state index is 12.8. The maximum Gasteiger partial charge on any atom is 0.245 e. The highest BCUT2D eigenvalue weighted by atomic mass is 32.2. The molecule has 0 aromatic heterocycles. The van der Waals surface area contributed by atoms with E-state index in [4.69, 9.17) is 10.5 Å². The van der Waals surface area contributed by atoms with Gasteiger partial charge in [-0.25, -0.2) is 8.42 Å². The number of nitrogen functional groups attached to an aromatic ring is 1. The Morgan fingerprint density at radius 2 is 2.00 bits per heavy atom. The third kappa shape index (κ3) is 2.87. The Labute approximate surface area is 127 Å². The van der Waals surface area contributed by atoms with Crippen LogP contribution < -0.4 is 10.5 Å². The second-order valence-electron chi connectivity index (χ2n) is 5.70. The van der Waals surface area contributed by atoms with Crippen molar-refractivity contribution in [1.29, 1.82) is 0 Å². The number of anilines is 1. The predicted molar refractivity (Wildman–Crippen MR) is 83.8 cm³/mol. The molecular weight excluding hydrogens is 288 g/mol. The van der Waals surface area contributed by atoms with E-state index in [2.05, 4.69) is 13.8 Å². The first-order valence-electron chi connectivity index (χ1n) is 7.32. The van der Waals surface area contributed by atoms with Crippen LogP contribution in [-0.2, 0) is 10.0 Å². The second kappa shape index (κ2) is 5.85.